The zero-order valence-electron chi connectivity index (χ0n) is 11.3. The second-order valence-corrected chi connectivity index (χ2v) is 4.87. The Kier molecular flexibility index (Phi) is 5.30. The van der Waals surface area contributed by atoms with Crippen molar-refractivity contribution < 1.29 is 4.79 Å². The molecular weight excluding hydrogens is 240 g/mol. The maximum atomic E-state index is 12.2. The number of hydrogen-bond acceptors (Lipinski definition) is 4. The van der Waals surface area contributed by atoms with Gasteiger partial charge in [0, 0.05) is 44.1 Å². The first kappa shape index (κ1) is 14.0. The Balaban J connectivity index is 1.78. The molecule has 1 amide bonds. The Morgan fingerprint density at radius 3 is 2.47 bits per heavy atom. The number of nitrogens with two attached hydrogens (primary N) is 1. The van der Waals surface area contributed by atoms with E-state index in [-0.39, 0.29) is 5.91 Å². The summed E-state index contributed by atoms with van der Waals surface area (Å²) < 4.78 is 0. The van der Waals surface area contributed by atoms with E-state index < -0.39 is 0 Å². The van der Waals surface area contributed by atoms with E-state index in [2.05, 4.69) is 9.88 Å². The summed E-state index contributed by atoms with van der Waals surface area (Å²) in [7, 11) is 0. The van der Waals surface area contributed by atoms with Gasteiger partial charge in [-0.05, 0) is 38.1 Å². The quantitative estimate of drug-likeness (QED) is 0.788. The van der Waals surface area contributed by atoms with Crippen LogP contribution in [0.5, 0.6) is 0 Å². The van der Waals surface area contributed by atoms with Gasteiger partial charge in [-0.3, -0.25) is 14.7 Å². The Labute approximate surface area is 114 Å². The van der Waals surface area contributed by atoms with Crippen LogP contribution in [-0.4, -0.2) is 60.0 Å². The third-order valence-electron chi connectivity index (χ3n) is 3.52. The summed E-state index contributed by atoms with van der Waals surface area (Å²) in [4.78, 5) is 20.5. The van der Waals surface area contributed by atoms with Gasteiger partial charge in [0.15, 0.2) is 0 Å². The highest BCUT2D eigenvalue weighted by atomic mass is 16.2. The molecule has 0 aromatic carbocycles. The first-order chi connectivity index (χ1) is 9.31. The molecular formula is C14H22N4O. The second-order valence-electron chi connectivity index (χ2n) is 4.87. The molecule has 1 saturated heterocycles. The van der Waals surface area contributed by atoms with Crippen LogP contribution in [0, 0.1) is 0 Å². The maximum absolute atomic E-state index is 12.2. The number of carbonyl (C=O) groups excluding carboxylic acids is 1. The van der Waals surface area contributed by atoms with Gasteiger partial charge in [-0.2, -0.15) is 0 Å². The summed E-state index contributed by atoms with van der Waals surface area (Å²) in [6, 6.07) is 3.55. The van der Waals surface area contributed by atoms with Crippen LogP contribution < -0.4 is 5.73 Å². The molecule has 5 heteroatoms. The molecule has 1 aliphatic rings. The molecule has 5 nitrogen and oxygen atoms in total. The number of amides is 1. The van der Waals surface area contributed by atoms with Crippen LogP contribution in [0.25, 0.3) is 0 Å². The van der Waals surface area contributed by atoms with Crippen molar-refractivity contribution in [3.05, 3.63) is 30.1 Å². The van der Waals surface area contributed by atoms with Crippen molar-refractivity contribution in [2.24, 2.45) is 5.73 Å². The molecule has 104 valence electrons. The maximum Gasteiger partial charge on any atom is 0.254 e. The standard InChI is InChI=1S/C14H22N4O/c15-5-1-2-8-17-9-11-18(12-10-17)14(19)13-3-6-16-7-4-13/h3-4,6-7H,1-2,5,8-12,15H2. The Bertz CT molecular complexity index is 388. The summed E-state index contributed by atoms with van der Waals surface area (Å²) in [5, 5.41) is 0. The monoisotopic (exact) mass is 262 g/mol. The molecule has 0 unspecified atom stereocenters. The van der Waals surface area contributed by atoms with E-state index in [9.17, 15) is 4.79 Å². The lowest BCUT2D eigenvalue weighted by Crippen LogP contribution is -2.48. The van der Waals surface area contributed by atoms with Crippen LogP contribution in [0.15, 0.2) is 24.5 Å². The highest BCUT2D eigenvalue weighted by molar-refractivity contribution is 5.94. The lowest BCUT2D eigenvalue weighted by atomic mass is 10.2. The van der Waals surface area contributed by atoms with Gasteiger partial charge in [-0.1, -0.05) is 0 Å². The van der Waals surface area contributed by atoms with Crippen molar-refractivity contribution in [3.8, 4) is 0 Å². The van der Waals surface area contributed by atoms with Gasteiger partial charge in [0.2, 0.25) is 0 Å². The van der Waals surface area contributed by atoms with Crippen LogP contribution in [0.2, 0.25) is 0 Å². The Hall–Kier alpha value is -1.46. The topological polar surface area (TPSA) is 62.5 Å². The third kappa shape index (κ3) is 4.01. The largest absolute Gasteiger partial charge is 0.336 e. The minimum absolute atomic E-state index is 0.115. The van der Waals surface area contributed by atoms with Crippen molar-refractivity contribution in [2.45, 2.75) is 12.8 Å². The number of unbranched alkanes of at least 4 members (excludes halogenated alkanes) is 1. The first-order valence-electron chi connectivity index (χ1n) is 6.93. The number of piperazine rings is 1. The summed E-state index contributed by atoms with van der Waals surface area (Å²) in [6.07, 6.45) is 5.55. The Morgan fingerprint density at radius 2 is 1.84 bits per heavy atom. The van der Waals surface area contributed by atoms with E-state index >= 15 is 0 Å². The van der Waals surface area contributed by atoms with Gasteiger partial charge >= 0.3 is 0 Å². The predicted molar refractivity (Wildman–Crippen MR) is 74.9 cm³/mol. The number of aromatic nitrogens is 1. The summed E-state index contributed by atoms with van der Waals surface area (Å²) >= 11 is 0. The zero-order valence-corrected chi connectivity index (χ0v) is 11.3. The summed E-state index contributed by atoms with van der Waals surface area (Å²) in [6.45, 7) is 5.39. The number of hydrogen-bond donors (Lipinski definition) is 1. The highest BCUT2D eigenvalue weighted by Gasteiger charge is 2.21. The average molecular weight is 262 g/mol. The van der Waals surface area contributed by atoms with Crippen molar-refractivity contribution in [1.82, 2.24) is 14.8 Å². The minimum Gasteiger partial charge on any atom is -0.336 e. The summed E-state index contributed by atoms with van der Waals surface area (Å²) in [5.74, 6) is 0.115. The van der Waals surface area contributed by atoms with Crippen LogP contribution in [0.4, 0.5) is 0 Å². The van der Waals surface area contributed by atoms with E-state index in [4.69, 9.17) is 5.73 Å². The number of carbonyl (C=O) groups is 1. The van der Waals surface area contributed by atoms with E-state index in [1.807, 2.05) is 4.90 Å². The molecule has 1 fully saturated rings. The fourth-order valence-corrected chi connectivity index (χ4v) is 2.33. The molecule has 0 saturated carbocycles. The van der Waals surface area contributed by atoms with E-state index in [0.717, 1.165) is 57.7 Å². The molecule has 0 aliphatic carbocycles. The predicted octanol–water partition coefficient (Wildman–Crippen LogP) is 0.578. The smallest absolute Gasteiger partial charge is 0.254 e. The first-order valence-corrected chi connectivity index (χ1v) is 6.93. The normalized spacial score (nSPS) is 16.6. The molecule has 0 spiro atoms. The zero-order chi connectivity index (χ0) is 13.5. The van der Waals surface area contributed by atoms with E-state index in [0.29, 0.717) is 0 Å². The lowest BCUT2D eigenvalue weighted by molar-refractivity contribution is 0.0635. The van der Waals surface area contributed by atoms with Crippen LogP contribution in [0.1, 0.15) is 23.2 Å². The van der Waals surface area contributed by atoms with Crippen LogP contribution in [0.3, 0.4) is 0 Å². The molecule has 0 bridgehead atoms. The van der Waals surface area contributed by atoms with Crippen LogP contribution in [-0.2, 0) is 0 Å². The fraction of sp³-hybridized carbons (Fsp3) is 0.571. The fourth-order valence-electron chi connectivity index (χ4n) is 2.33. The van der Waals surface area contributed by atoms with Gasteiger partial charge < -0.3 is 10.6 Å². The molecule has 19 heavy (non-hydrogen) atoms. The lowest BCUT2D eigenvalue weighted by Gasteiger charge is -2.34. The number of pyridine rings is 1. The molecule has 1 aromatic heterocycles. The third-order valence-corrected chi connectivity index (χ3v) is 3.52. The number of nitrogens with zero attached hydrogens (tertiary/aromatic N) is 3. The van der Waals surface area contributed by atoms with Gasteiger partial charge in [0.25, 0.3) is 5.91 Å². The molecule has 1 aliphatic heterocycles. The van der Waals surface area contributed by atoms with Gasteiger partial charge in [0.1, 0.15) is 0 Å². The van der Waals surface area contributed by atoms with Crippen molar-refractivity contribution in [3.63, 3.8) is 0 Å². The molecule has 0 atom stereocenters. The Morgan fingerprint density at radius 1 is 1.16 bits per heavy atom. The second kappa shape index (κ2) is 7.21. The minimum atomic E-state index is 0.115. The highest BCUT2D eigenvalue weighted by Crippen LogP contribution is 2.08. The molecule has 1 aromatic rings. The van der Waals surface area contributed by atoms with Crippen molar-refractivity contribution in [1.29, 1.82) is 0 Å². The molecule has 2 N–H and O–H groups in total. The van der Waals surface area contributed by atoms with Gasteiger partial charge in [0.05, 0.1) is 0 Å². The summed E-state index contributed by atoms with van der Waals surface area (Å²) in [5.41, 5.74) is 6.22. The average Bonchev–Trinajstić information content (AvgIpc) is 2.48. The van der Waals surface area contributed by atoms with Crippen molar-refractivity contribution in [2.75, 3.05) is 39.3 Å². The van der Waals surface area contributed by atoms with Crippen LogP contribution >= 0.6 is 0 Å². The van der Waals surface area contributed by atoms with Gasteiger partial charge in [-0.25, -0.2) is 0 Å². The molecule has 0 radical (unpaired) electrons. The van der Waals surface area contributed by atoms with E-state index in [1.165, 1.54) is 0 Å². The SMILES string of the molecule is NCCCCN1CCN(C(=O)c2ccncc2)CC1. The number of rotatable bonds is 5. The van der Waals surface area contributed by atoms with E-state index in [1.54, 1.807) is 24.5 Å². The molecule has 2 heterocycles. The van der Waals surface area contributed by atoms with Gasteiger partial charge in [-0.15, -0.1) is 0 Å². The molecule has 2 rings (SSSR count). The van der Waals surface area contributed by atoms with Crippen molar-refractivity contribution >= 4 is 5.91 Å².